The second-order valence-electron chi connectivity index (χ2n) is 5.42. The van der Waals surface area contributed by atoms with Crippen LogP contribution < -0.4 is 0 Å². The van der Waals surface area contributed by atoms with Crippen molar-refractivity contribution in [3.63, 3.8) is 0 Å². The zero-order chi connectivity index (χ0) is 14.3. The van der Waals surface area contributed by atoms with E-state index in [1.54, 1.807) is 18.9 Å². The lowest BCUT2D eigenvalue weighted by Gasteiger charge is -2.30. The molecule has 1 amide bonds. The highest BCUT2D eigenvalue weighted by atomic mass is 16.5. The zero-order valence-corrected chi connectivity index (χ0v) is 12.3. The number of hydrogen-bond acceptors (Lipinski definition) is 4. The Hall–Kier alpha value is -1.10. The summed E-state index contributed by atoms with van der Waals surface area (Å²) in [6, 6.07) is 0. The van der Waals surface area contributed by atoms with Crippen molar-refractivity contribution < 1.29 is 19.1 Å². The summed E-state index contributed by atoms with van der Waals surface area (Å²) in [5.41, 5.74) is -0.469. The standard InChI is InChI=1S/C13H25NO4/c1-10(11(15)18-6)9-14(7-8-17-5)12(16)13(2,3)4/h10H,7-9H2,1-6H3. The third kappa shape index (κ3) is 5.49. The number of nitrogens with zero attached hydrogens (tertiary/aromatic N) is 1. The number of methoxy groups -OCH3 is 2. The van der Waals surface area contributed by atoms with Crippen LogP contribution in [-0.4, -0.2) is 50.7 Å². The van der Waals surface area contributed by atoms with Crippen LogP contribution in [0, 0.1) is 11.3 Å². The molecule has 0 rings (SSSR count). The molecule has 0 N–H and O–H groups in total. The van der Waals surface area contributed by atoms with E-state index in [0.717, 1.165) is 0 Å². The van der Waals surface area contributed by atoms with E-state index >= 15 is 0 Å². The Bertz CT molecular complexity index is 283. The van der Waals surface area contributed by atoms with Gasteiger partial charge in [-0.15, -0.1) is 0 Å². The molecular formula is C13H25NO4. The summed E-state index contributed by atoms with van der Waals surface area (Å²) in [6.45, 7) is 8.62. The minimum absolute atomic E-state index is 0.00954. The largest absolute Gasteiger partial charge is 0.469 e. The van der Waals surface area contributed by atoms with Gasteiger partial charge in [-0.3, -0.25) is 9.59 Å². The maximum absolute atomic E-state index is 12.2. The fourth-order valence-corrected chi connectivity index (χ4v) is 1.56. The van der Waals surface area contributed by atoms with E-state index in [0.29, 0.717) is 19.7 Å². The number of carbonyl (C=O) groups is 2. The normalized spacial score (nSPS) is 13.0. The molecule has 0 bridgehead atoms. The van der Waals surface area contributed by atoms with E-state index in [2.05, 4.69) is 4.74 Å². The number of ether oxygens (including phenoxy) is 2. The van der Waals surface area contributed by atoms with Gasteiger partial charge >= 0.3 is 5.97 Å². The quantitative estimate of drug-likeness (QED) is 0.675. The molecule has 0 heterocycles. The maximum atomic E-state index is 12.2. The van der Waals surface area contributed by atoms with E-state index in [4.69, 9.17) is 4.74 Å². The molecule has 5 heteroatoms. The van der Waals surface area contributed by atoms with Crippen LogP contribution in [0.2, 0.25) is 0 Å². The number of esters is 1. The Balaban J connectivity index is 4.68. The SMILES string of the molecule is COCCN(CC(C)C(=O)OC)C(=O)C(C)(C)C. The third-order valence-electron chi connectivity index (χ3n) is 2.59. The van der Waals surface area contributed by atoms with Crippen LogP contribution in [0.5, 0.6) is 0 Å². The highest BCUT2D eigenvalue weighted by Gasteiger charge is 2.29. The maximum Gasteiger partial charge on any atom is 0.310 e. The van der Waals surface area contributed by atoms with E-state index in [1.165, 1.54) is 7.11 Å². The van der Waals surface area contributed by atoms with Crippen LogP contribution in [0.3, 0.4) is 0 Å². The van der Waals surface area contributed by atoms with E-state index in [-0.39, 0.29) is 17.8 Å². The minimum Gasteiger partial charge on any atom is -0.469 e. The number of carbonyl (C=O) groups excluding carboxylic acids is 2. The Kier molecular flexibility index (Phi) is 6.91. The van der Waals surface area contributed by atoms with Crippen LogP contribution in [0.4, 0.5) is 0 Å². The molecule has 0 aliphatic rings. The zero-order valence-electron chi connectivity index (χ0n) is 12.3. The Morgan fingerprint density at radius 2 is 1.78 bits per heavy atom. The predicted molar refractivity (Wildman–Crippen MR) is 69.1 cm³/mol. The smallest absolute Gasteiger partial charge is 0.310 e. The van der Waals surface area contributed by atoms with Gasteiger partial charge in [0.05, 0.1) is 19.6 Å². The summed E-state index contributed by atoms with van der Waals surface area (Å²) in [7, 11) is 2.94. The molecule has 5 nitrogen and oxygen atoms in total. The molecule has 0 spiro atoms. The summed E-state index contributed by atoms with van der Waals surface area (Å²) >= 11 is 0. The molecule has 0 saturated carbocycles. The van der Waals surface area contributed by atoms with Crippen LogP contribution in [0.1, 0.15) is 27.7 Å². The van der Waals surface area contributed by atoms with Gasteiger partial charge in [0, 0.05) is 25.6 Å². The van der Waals surface area contributed by atoms with Gasteiger partial charge in [-0.2, -0.15) is 0 Å². The molecule has 1 atom stereocenters. The third-order valence-corrected chi connectivity index (χ3v) is 2.59. The lowest BCUT2D eigenvalue weighted by molar-refractivity contribution is -0.148. The average Bonchev–Trinajstić information content (AvgIpc) is 2.30. The van der Waals surface area contributed by atoms with E-state index in [1.807, 2.05) is 20.8 Å². The average molecular weight is 259 g/mol. The van der Waals surface area contributed by atoms with Crippen LogP contribution in [-0.2, 0) is 19.1 Å². The first-order valence-electron chi connectivity index (χ1n) is 6.10. The number of amides is 1. The highest BCUT2D eigenvalue weighted by molar-refractivity contribution is 5.82. The molecule has 0 aromatic carbocycles. The second kappa shape index (κ2) is 7.36. The fourth-order valence-electron chi connectivity index (χ4n) is 1.56. The molecule has 106 valence electrons. The van der Waals surface area contributed by atoms with Gasteiger partial charge in [-0.05, 0) is 0 Å². The number of hydrogen-bond donors (Lipinski definition) is 0. The van der Waals surface area contributed by atoms with Gasteiger partial charge in [0.1, 0.15) is 0 Å². The summed E-state index contributed by atoms with van der Waals surface area (Å²) in [5, 5.41) is 0. The molecule has 0 aliphatic carbocycles. The molecular weight excluding hydrogens is 234 g/mol. The van der Waals surface area contributed by atoms with Gasteiger partial charge in [-0.25, -0.2) is 0 Å². The van der Waals surface area contributed by atoms with Gasteiger partial charge in [0.25, 0.3) is 0 Å². The Labute approximate surface area is 109 Å². The minimum atomic E-state index is -0.469. The Morgan fingerprint density at radius 1 is 1.22 bits per heavy atom. The summed E-state index contributed by atoms with van der Waals surface area (Å²) < 4.78 is 9.67. The summed E-state index contributed by atoms with van der Waals surface area (Å²) in [5.74, 6) is -0.632. The van der Waals surface area contributed by atoms with Gasteiger partial charge in [0.2, 0.25) is 5.91 Å². The molecule has 0 saturated heterocycles. The first-order chi connectivity index (χ1) is 8.23. The molecule has 0 fully saturated rings. The van der Waals surface area contributed by atoms with Gasteiger partial charge < -0.3 is 14.4 Å². The predicted octanol–water partition coefficient (Wildman–Crippen LogP) is 1.32. The highest BCUT2D eigenvalue weighted by Crippen LogP contribution is 2.18. The summed E-state index contributed by atoms with van der Waals surface area (Å²) in [6.07, 6.45) is 0. The van der Waals surface area contributed by atoms with Crippen molar-refractivity contribution in [2.75, 3.05) is 33.9 Å². The molecule has 0 aromatic heterocycles. The van der Waals surface area contributed by atoms with E-state index in [9.17, 15) is 9.59 Å². The first kappa shape index (κ1) is 16.9. The van der Waals surface area contributed by atoms with Crippen LogP contribution in [0.25, 0.3) is 0 Å². The van der Waals surface area contributed by atoms with Crippen molar-refractivity contribution in [1.29, 1.82) is 0 Å². The number of rotatable bonds is 6. The molecule has 1 unspecified atom stereocenters. The van der Waals surface area contributed by atoms with Crippen molar-refractivity contribution in [3.05, 3.63) is 0 Å². The lowest BCUT2D eigenvalue weighted by atomic mass is 9.94. The topological polar surface area (TPSA) is 55.8 Å². The van der Waals surface area contributed by atoms with Crippen molar-refractivity contribution in [3.8, 4) is 0 Å². The van der Waals surface area contributed by atoms with Crippen molar-refractivity contribution in [1.82, 2.24) is 4.90 Å². The fraction of sp³-hybridized carbons (Fsp3) is 0.846. The lowest BCUT2D eigenvalue weighted by Crippen LogP contribution is -2.44. The van der Waals surface area contributed by atoms with Crippen molar-refractivity contribution >= 4 is 11.9 Å². The first-order valence-corrected chi connectivity index (χ1v) is 6.10. The molecule has 0 aliphatic heterocycles. The van der Waals surface area contributed by atoms with E-state index < -0.39 is 5.41 Å². The molecule has 18 heavy (non-hydrogen) atoms. The van der Waals surface area contributed by atoms with Crippen molar-refractivity contribution in [2.45, 2.75) is 27.7 Å². The van der Waals surface area contributed by atoms with Crippen LogP contribution >= 0.6 is 0 Å². The summed E-state index contributed by atoms with van der Waals surface area (Å²) in [4.78, 5) is 25.3. The molecule has 0 radical (unpaired) electrons. The van der Waals surface area contributed by atoms with Crippen LogP contribution in [0.15, 0.2) is 0 Å². The molecule has 0 aromatic rings. The van der Waals surface area contributed by atoms with Gasteiger partial charge in [0.15, 0.2) is 0 Å². The van der Waals surface area contributed by atoms with Crippen molar-refractivity contribution in [2.24, 2.45) is 11.3 Å². The Morgan fingerprint density at radius 3 is 2.17 bits per heavy atom. The second-order valence-corrected chi connectivity index (χ2v) is 5.42. The monoisotopic (exact) mass is 259 g/mol. The van der Waals surface area contributed by atoms with Gasteiger partial charge in [-0.1, -0.05) is 27.7 Å².